The maximum absolute atomic E-state index is 11.2. The molecule has 1 unspecified atom stereocenters. The fourth-order valence-corrected chi connectivity index (χ4v) is 2.20. The quantitative estimate of drug-likeness (QED) is 0.743. The molecule has 18 heavy (non-hydrogen) atoms. The highest BCUT2D eigenvalue weighted by atomic mass is 16.5. The van der Waals surface area contributed by atoms with Crippen molar-refractivity contribution in [3.8, 4) is 5.75 Å². The number of nitrogens with two attached hydrogens (primary N) is 1. The van der Waals surface area contributed by atoms with Gasteiger partial charge in [-0.3, -0.25) is 4.79 Å². The van der Waals surface area contributed by atoms with Crippen LogP contribution in [0.2, 0.25) is 0 Å². The van der Waals surface area contributed by atoms with Gasteiger partial charge in [-0.2, -0.15) is 0 Å². The van der Waals surface area contributed by atoms with Gasteiger partial charge in [0.05, 0.1) is 12.7 Å². The summed E-state index contributed by atoms with van der Waals surface area (Å²) in [5.41, 5.74) is 6.63. The van der Waals surface area contributed by atoms with Gasteiger partial charge in [0.1, 0.15) is 5.75 Å². The molecule has 0 aliphatic carbocycles. The van der Waals surface area contributed by atoms with Crippen molar-refractivity contribution >= 4 is 11.6 Å². The summed E-state index contributed by atoms with van der Waals surface area (Å²) < 4.78 is 5.18. The number of carbonyl (C=O) groups is 1. The number of anilines is 1. The summed E-state index contributed by atoms with van der Waals surface area (Å²) in [6, 6.07) is 5.79. The lowest BCUT2D eigenvalue weighted by atomic mass is 10.1. The molecule has 1 aromatic rings. The molecular weight excluding hydrogens is 230 g/mol. The summed E-state index contributed by atoms with van der Waals surface area (Å²) in [6.45, 7) is 2.04. The normalized spacial score (nSPS) is 19.3. The van der Waals surface area contributed by atoms with Gasteiger partial charge in [-0.05, 0) is 31.5 Å². The van der Waals surface area contributed by atoms with Crippen LogP contribution in [0.4, 0.5) is 5.69 Å². The summed E-state index contributed by atoms with van der Waals surface area (Å²) in [5.74, 6) is 0.0361. The van der Waals surface area contributed by atoms with Gasteiger partial charge in [-0.1, -0.05) is 0 Å². The fraction of sp³-hybridized carbons (Fsp3) is 0.462. The molecule has 1 saturated heterocycles. The number of nitrogens with one attached hydrogen (secondary N) is 2. The van der Waals surface area contributed by atoms with E-state index in [1.54, 1.807) is 6.07 Å². The number of methoxy groups -OCH3 is 1. The maximum atomic E-state index is 11.2. The van der Waals surface area contributed by atoms with Crippen LogP contribution in [-0.2, 0) is 0 Å². The Hall–Kier alpha value is -1.75. The minimum atomic E-state index is -0.474. The number of benzene rings is 1. The number of hydrogen-bond acceptors (Lipinski definition) is 4. The predicted octanol–water partition coefficient (Wildman–Crippen LogP) is 0.958. The van der Waals surface area contributed by atoms with Gasteiger partial charge < -0.3 is 21.1 Å². The third-order valence-corrected chi connectivity index (χ3v) is 3.13. The molecule has 1 amide bonds. The van der Waals surface area contributed by atoms with Crippen molar-refractivity contribution in [2.45, 2.75) is 18.9 Å². The molecule has 0 aromatic heterocycles. The number of ether oxygens (including phenoxy) is 1. The van der Waals surface area contributed by atoms with Crippen LogP contribution in [-0.4, -0.2) is 32.1 Å². The first-order valence-electron chi connectivity index (χ1n) is 6.16. The Morgan fingerprint density at radius 2 is 2.39 bits per heavy atom. The lowest BCUT2D eigenvalue weighted by molar-refractivity contribution is 0.0997. The van der Waals surface area contributed by atoms with E-state index in [0.29, 0.717) is 17.4 Å². The molecule has 1 aromatic carbocycles. The number of hydrogen-bond donors (Lipinski definition) is 3. The first-order chi connectivity index (χ1) is 8.70. The zero-order valence-corrected chi connectivity index (χ0v) is 10.5. The number of primary amides is 1. The Bertz CT molecular complexity index is 428. The number of piperidine rings is 1. The second-order valence-electron chi connectivity index (χ2n) is 4.47. The first-order valence-corrected chi connectivity index (χ1v) is 6.16. The summed E-state index contributed by atoms with van der Waals surface area (Å²) >= 11 is 0. The molecule has 0 radical (unpaired) electrons. The van der Waals surface area contributed by atoms with Crippen LogP contribution in [0.1, 0.15) is 23.2 Å². The van der Waals surface area contributed by atoms with Crippen molar-refractivity contribution in [3.05, 3.63) is 23.8 Å². The molecule has 5 nitrogen and oxygen atoms in total. The van der Waals surface area contributed by atoms with Crippen LogP contribution >= 0.6 is 0 Å². The smallest absolute Gasteiger partial charge is 0.252 e. The van der Waals surface area contributed by atoms with Crippen LogP contribution in [0.5, 0.6) is 5.75 Å². The Morgan fingerprint density at radius 3 is 3.00 bits per heavy atom. The van der Waals surface area contributed by atoms with Crippen LogP contribution in [0.3, 0.4) is 0 Å². The summed E-state index contributed by atoms with van der Waals surface area (Å²) in [4.78, 5) is 11.2. The third kappa shape index (κ3) is 2.92. The molecule has 0 bridgehead atoms. The van der Waals surface area contributed by atoms with Crippen molar-refractivity contribution in [3.63, 3.8) is 0 Å². The molecular formula is C13H19N3O2. The van der Waals surface area contributed by atoms with E-state index < -0.39 is 5.91 Å². The fourth-order valence-electron chi connectivity index (χ4n) is 2.20. The van der Waals surface area contributed by atoms with E-state index >= 15 is 0 Å². The minimum Gasteiger partial charge on any atom is -0.496 e. The largest absolute Gasteiger partial charge is 0.496 e. The SMILES string of the molecule is COc1cc(NC2CCCNC2)ccc1C(N)=O. The minimum absolute atomic E-state index is 0.407. The van der Waals surface area contributed by atoms with E-state index in [9.17, 15) is 4.79 Å². The van der Waals surface area contributed by atoms with Gasteiger partial charge in [0, 0.05) is 24.3 Å². The monoisotopic (exact) mass is 249 g/mol. The van der Waals surface area contributed by atoms with Gasteiger partial charge in [0.15, 0.2) is 0 Å². The van der Waals surface area contributed by atoms with E-state index in [1.807, 2.05) is 12.1 Å². The maximum Gasteiger partial charge on any atom is 0.252 e. The second kappa shape index (κ2) is 5.73. The van der Waals surface area contributed by atoms with Crippen molar-refractivity contribution in [2.75, 3.05) is 25.5 Å². The molecule has 0 spiro atoms. The van der Waals surface area contributed by atoms with Gasteiger partial charge in [-0.25, -0.2) is 0 Å². The number of amides is 1. The molecule has 98 valence electrons. The Balaban J connectivity index is 2.11. The highest BCUT2D eigenvalue weighted by Gasteiger charge is 2.14. The van der Waals surface area contributed by atoms with Crippen LogP contribution in [0.25, 0.3) is 0 Å². The third-order valence-electron chi connectivity index (χ3n) is 3.13. The van der Waals surface area contributed by atoms with Crippen molar-refractivity contribution < 1.29 is 9.53 Å². The second-order valence-corrected chi connectivity index (χ2v) is 4.47. The van der Waals surface area contributed by atoms with Crippen LogP contribution < -0.4 is 21.1 Å². The standard InChI is InChI=1S/C13H19N3O2/c1-18-12-7-9(4-5-11(12)13(14)17)16-10-3-2-6-15-8-10/h4-5,7,10,15-16H,2-3,6,8H2,1H3,(H2,14,17). The molecule has 1 aliphatic rings. The average Bonchev–Trinajstić information content (AvgIpc) is 2.39. The van der Waals surface area contributed by atoms with E-state index in [0.717, 1.165) is 25.2 Å². The van der Waals surface area contributed by atoms with Crippen LogP contribution in [0, 0.1) is 0 Å². The Morgan fingerprint density at radius 1 is 1.56 bits per heavy atom. The molecule has 4 N–H and O–H groups in total. The number of rotatable bonds is 4. The summed E-state index contributed by atoms with van der Waals surface area (Å²) in [5, 5.41) is 6.77. The average molecular weight is 249 g/mol. The highest BCUT2D eigenvalue weighted by Crippen LogP contribution is 2.23. The van der Waals surface area contributed by atoms with E-state index in [2.05, 4.69) is 10.6 Å². The van der Waals surface area contributed by atoms with Gasteiger partial charge in [-0.15, -0.1) is 0 Å². The molecule has 1 aliphatic heterocycles. The molecule has 0 saturated carbocycles. The van der Waals surface area contributed by atoms with Gasteiger partial charge in [0.2, 0.25) is 0 Å². The topological polar surface area (TPSA) is 76.4 Å². The van der Waals surface area contributed by atoms with Crippen LogP contribution in [0.15, 0.2) is 18.2 Å². The van der Waals surface area contributed by atoms with E-state index in [4.69, 9.17) is 10.5 Å². The summed E-state index contributed by atoms with van der Waals surface area (Å²) in [6.07, 6.45) is 2.32. The zero-order chi connectivity index (χ0) is 13.0. The lowest BCUT2D eigenvalue weighted by Gasteiger charge is -2.25. The molecule has 2 rings (SSSR count). The van der Waals surface area contributed by atoms with Gasteiger partial charge in [0.25, 0.3) is 5.91 Å². The molecule has 1 atom stereocenters. The Kier molecular flexibility index (Phi) is 4.04. The van der Waals surface area contributed by atoms with Crippen molar-refractivity contribution in [1.82, 2.24) is 5.32 Å². The number of carbonyl (C=O) groups excluding carboxylic acids is 1. The van der Waals surface area contributed by atoms with Crippen molar-refractivity contribution in [1.29, 1.82) is 0 Å². The molecule has 1 fully saturated rings. The predicted molar refractivity (Wildman–Crippen MR) is 71.0 cm³/mol. The van der Waals surface area contributed by atoms with Crippen molar-refractivity contribution in [2.24, 2.45) is 5.73 Å². The zero-order valence-electron chi connectivity index (χ0n) is 10.5. The molecule has 5 heteroatoms. The Labute approximate surface area is 107 Å². The van der Waals surface area contributed by atoms with Gasteiger partial charge >= 0.3 is 0 Å². The lowest BCUT2D eigenvalue weighted by Crippen LogP contribution is -2.38. The summed E-state index contributed by atoms with van der Waals surface area (Å²) in [7, 11) is 1.54. The molecule has 1 heterocycles. The highest BCUT2D eigenvalue weighted by molar-refractivity contribution is 5.96. The van der Waals surface area contributed by atoms with E-state index in [1.165, 1.54) is 13.5 Å². The first kappa shape index (κ1) is 12.7. The van der Waals surface area contributed by atoms with E-state index in [-0.39, 0.29) is 0 Å².